The molecule has 0 aliphatic carbocycles. The number of benzene rings is 1. The first-order valence-electron chi connectivity index (χ1n) is 8.25. The Labute approximate surface area is 159 Å². The van der Waals surface area contributed by atoms with Gasteiger partial charge in [-0.1, -0.05) is 12.1 Å². The molecule has 0 aliphatic rings. The standard InChI is InChI=1S/C17H21FN2O8/c18-7-8-28-11-3-1-10(2-4-11)9-13(16(25)26)20-17(27)19-12(15(23)24)5-6-14(21)22/h1-4,12-13H,5-9H2,(H,21,22)(H,23,24)(H,25,26)(H2,19,20,27)/t12-,13-/m0/s1/i18-1. The van der Waals surface area contributed by atoms with E-state index in [1.54, 1.807) is 12.1 Å². The Morgan fingerprint density at radius 2 is 1.54 bits per heavy atom. The number of nitrogens with one attached hydrogen (secondary N) is 2. The molecule has 5 N–H and O–H groups in total. The number of hydrogen-bond donors (Lipinski definition) is 5. The minimum absolute atomic E-state index is 0.0982. The molecule has 1 aromatic carbocycles. The van der Waals surface area contributed by atoms with Crippen molar-refractivity contribution in [2.75, 3.05) is 13.3 Å². The van der Waals surface area contributed by atoms with Gasteiger partial charge in [-0.3, -0.25) is 4.79 Å². The SMILES string of the molecule is O=C(O)CC[C@H](NC(=O)N[C@@H](Cc1ccc(OCC[18F])cc1)C(=O)O)C(=O)O. The van der Waals surface area contributed by atoms with Gasteiger partial charge in [-0.2, -0.15) is 0 Å². The van der Waals surface area contributed by atoms with E-state index in [2.05, 4.69) is 5.32 Å². The Kier molecular flexibility index (Phi) is 9.20. The highest BCUT2D eigenvalue weighted by Gasteiger charge is 2.25. The zero-order valence-electron chi connectivity index (χ0n) is 14.8. The Morgan fingerprint density at radius 3 is 2.04 bits per heavy atom. The summed E-state index contributed by atoms with van der Waals surface area (Å²) in [7, 11) is 0. The van der Waals surface area contributed by atoms with Gasteiger partial charge in [0.15, 0.2) is 0 Å². The molecule has 0 fully saturated rings. The van der Waals surface area contributed by atoms with Gasteiger partial charge in [0.1, 0.15) is 31.1 Å². The zero-order valence-corrected chi connectivity index (χ0v) is 14.8. The summed E-state index contributed by atoms with van der Waals surface area (Å²) in [6, 6.07) is 2.27. The van der Waals surface area contributed by atoms with Gasteiger partial charge in [-0.05, 0) is 24.1 Å². The molecule has 0 radical (unpaired) electrons. The van der Waals surface area contributed by atoms with Crippen molar-refractivity contribution in [1.29, 1.82) is 0 Å². The predicted octanol–water partition coefficient (Wildman–Crippen LogP) is 0.648. The van der Waals surface area contributed by atoms with Gasteiger partial charge >= 0.3 is 23.9 Å². The van der Waals surface area contributed by atoms with Crippen molar-refractivity contribution in [3.8, 4) is 5.75 Å². The number of aliphatic carboxylic acids is 3. The molecule has 1 aromatic rings. The summed E-state index contributed by atoms with van der Waals surface area (Å²) in [5.74, 6) is -3.60. The molecule has 0 heterocycles. The van der Waals surface area contributed by atoms with Crippen LogP contribution < -0.4 is 15.4 Å². The maximum Gasteiger partial charge on any atom is 0.326 e. The molecule has 11 heteroatoms. The number of amides is 2. The largest absolute Gasteiger partial charge is 0.491 e. The molecule has 0 saturated carbocycles. The Hall–Kier alpha value is -3.37. The zero-order chi connectivity index (χ0) is 21.1. The van der Waals surface area contributed by atoms with Crippen LogP contribution in [-0.4, -0.2) is 64.6 Å². The topological polar surface area (TPSA) is 162 Å². The lowest BCUT2D eigenvalue weighted by Crippen LogP contribution is -2.51. The van der Waals surface area contributed by atoms with Crippen LogP contribution in [0.3, 0.4) is 0 Å². The number of alkyl halides is 1. The smallest absolute Gasteiger partial charge is 0.326 e. The monoisotopic (exact) mass is 399 g/mol. The Morgan fingerprint density at radius 1 is 0.964 bits per heavy atom. The van der Waals surface area contributed by atoms with Crippen molar-refractivity contribution in [3.05, 3.63) is 29.8 Å². The van der Waals surface area contributed by atoms with Crippen LogP contribution in [0, 0.1) is 0 Å². The molecular formula is C17H21FN2O8. The second-order valence-corrected chi connectivity index (χ2v) is 5.72. The fourth-order valence-electron chi connectivity index (χ4n) is 2.20. The van der Waals surface area contributed by atoms with Crippen LogP contribution in [0.15, 0.2) is 24.3 Å². The fourth-order valence-corrected chi connectivity index (χ4v) is 2.20. The molecule has 0 saturated heterocycles. The fraction of sp³-hybridized carbons (Fsp3) is 0.412. The van der Waals surface area contributed by atoms with Gasteiger partial charge in [0.2, 0.25) is 0 Å². The maximum absolute atomic E-state index is 12.1. The van der Waals surface area contributed by atoms with Crippen molar-refractivity contribution < 1.29 is 43.6 Å². The minimum atomic E-state index is -1.47. The average molecular weight is 399 g/mol. The maximum atomic E-state index is 12.1. The average Bonchev–Trinajstić information content (AvgIpc) is 2.63. The molecule has 0 aliphatic heterocycles. The Balaban J connectivity index is 2.67. The van der Waals surface area contributed by atoms with Gasteiger partial charge in [0.25, 0.3) is 0 Å². The number of carboxylic acid groups (broad SMARTS) is 3. The number of urea groups is 1. The van der Waals surface area contributed by atoms with Crippen LogP contribution in [0.25, 0.3) is 0 Å². The second-order valence-electron chi connectivity index (χ2n) is 5.72. The summed E-state index contributed by atoms with van der Waals surface area (Å²) in [5.41, 5.74) is 0.543. The van der Waals surface area contributed by atoms with Crippen LogP contribution in [0.5, 0.6) is 5.75 Å². The van der Waals surface area contributed by atoms with Crippen LogP contribution in [0.1, 0.15) is 18.4 Å². The highest BCUT2D eigenvalue weighted by Crippen LogP contribution is 2.13. The van der Waals surface area contributed by atoms with E-state index < -0.39 is 49.1 Å². The van der Waals surface area contributed by atoms with Crippen LogP contribution in [0.4, 0.5) is 9.18 Å². The molecule has 10 nitrogen and oxygen atoms in total. The van der Waals surface area contributed by atoms with E-state index in [0.29, 0.717) is 11.3 Å². The number of ether oxygens (including phenoxy) is 1. The first-order chi connectivity index (χ1) is 13.2. The number of rotatable bonds is 12. The molecule has 1 rings (SSSR count). The van der Waals surface area contributed by atoms with E-state index >= 15 is 0 Å². The summed E-state index contributed by atoms with van der Waals surface area (Å²) in [5, 5.41) is 31.1. The molecule has 0 unspecified atom stereocenters. The summed E-state index contributed by atoms with van der Waals surface area (Å²) in [6.45, 7) is -0.753. The third kappa shape index (κ3) is 8.34. The molecule has 28 heavy (non-hydrogen) atoms. The number of halogens is 1. The van der Waals surface area contributed by atoms with Crippen LogP contribution in [0.2, 0.25) is 0 Å². The lowest BCUT2D eigenvalue weighted by atomic mass is 10.1. The highest BCUT2D eigenvalue weighted by molar-refractivity contribution is 5.86. The molecule has 2 atom stereocenters. The van der Waals surface area contributed by atoms with Gasteiger partial charge < -0.3 is 30.7 Å². The highest BCUT2D eigenvalue weighted by atomic mass is 18.2. The van der Waals surface area contributed by atoms with Gasteiger partial charge in [0, 0.05) is 12.8 Å². The second kappa shape index (κ2) is 11.4. The first-order valence-corrected chi connectivity index (χ1v) is 8.25. The van der Waals surface area contributed by atoms with E-state index in [9.17, 15) is 28.7 Å². The number of carbonyl (C=O) groups is 4. The summed E-state index contributed by atoms with van der Waals surface area (Å²) in [4.78, 5) is 44.9. The lowest BCUT2D eigenvalue weighted by molar-refractivity contribution is -0.140. The number of hydrogen-bond acceptors (Lipinski definition) is 5. The summed E-state index contributed by atoms with van der Waals surface area (Å²) >= 11 is 0. The first kappa shape index (κ1) is 22.7. The van der Waals surface area contributed by atoms with Crippen LogP contribution in [-0.2, 0) is 20.8 Å². The quantitative estimate of drug-likeness (QED) is 0.342. The molecular weight excluding hydrogens is 378 g/mol. The minimum Gasteiger partial charge on any atom is -0.491 e. The van der Waals surface area contributed by atoms with E-state index in [1.807, 2.05) is 5.32 Å². The summed E-state index contributed by atoms with van der Waals surface area (Å²) < 4.78 is 17.1. The number of carbonyl (C=O) groups excluding carboxylic acids is 1. The normalized spacial score (nSPS) is 12.5. The third-order valence-corrected chi connectivity index (χ3v) is 3.56. The Bertz CT molecular complexity index is 695. The van der Waals surface area contributed by atoms with E-state index in [1.165, 1.54) is 12.1 Å². The van der Waals surface area contributed by atoms with Crippen molar-refractivity contribution in [1.82, 2.24) is 10.6 Å². The van der Waals surface area contributed by atoms with Gasteiger partial charge in [0.05, 0.1) is 0 Å². The molecule has 154 valence electrons. The van der Waals surface area contributed by atoms with Crippen LogP contribution >= 0.6 is 0 Å². The van der Waals surface area contributed by atoms with Crippen molar-refractivity contribution >= 4 is 23.9 Å². The van der Waals surface area contributed by atoms with E-state index in [0.717, 1.165) is 0 Å². The molecule has 0 spiro atoms. The molecule has 0 aromatic heterocycles. The van der Waals surface area contributed by atoms with E-state index in [-0.39, 0.29) is 19.4 Å². The predicted molar refractivity (Wildman–Crippen MR) is 93.0 cm³/mol. The van der Waals surface area contributed by atoms with Gasteiger partial charge in [-0.25, -0.2) is 18.8 Å². The van der Waals surface area contributed by atoms with Gasteiger partial charge in [-0.15, -0.1) is 0 Å². The third-order valence-electron chi connectivity index (χ3n) is 3.56. The molecule has 2 amide bonds. The van der Waals surface area contributed by atoms with Crippen molar-refractivity contribution in [2.45, 2.75) is 31.3 Å². The van der Waals surface area contributed by atoms with Crippen molar-refractivity contribution in [3.63, 3.8) is 0 Å². The lowest BCUT2D eigenvalue weighted by Gasteiger charge is -2.18. The number of carboxylic acids is 3. The molecule has 0 bridgehead atoms. The van der Waals surface area contributed by atoms with E-state index in [4.69, 9.17) is 14.9 Å². The van der Waals surface area contributed by atoms with Crippen molar-refractivity contribution in [2.24, 2.45) is 0 Å². The summed E-state index contributed by atoms with van der Waals surface area (Å²) in [6.07, 6.45) is -0.925.